The highest BCUT2D eigenvalue weighted by Gasteiger charge is 2.22. The lowest BCUT2D eigenvalue weighted by atomic mass is 9.85. The number of hydrogen-bond donors (Lipinski definition) is 1. The zero-order valence-corrected chi connectivity index (χ0v) is 7.91. The van der Waals surface area contributed by atoms with Crippen molar-refractivity contribution in [1.82, 2.24) is 4.98 Å². The highest BCUT2D eigenvalue weighted by molar-refractivity contribution is 5.10. The van der Waals surface area contributed by atoms with Crippen LogP contribution in [0.1, 0.15) is 32.5 Å². The molecule has 2 heteroatoms. The van der Waals surface area contributed by atoms with Gasteiger partial charge in [0.25, 0.3) is 0 Å². The smallest absolute Gasteiger partial charge is 0.0576 e. The van der Waals surface area contributed by atoms with E-state index in [1.165, 1.54) is 0 Å². The van der Waals surface area contributed by atoms with Crippen LogP contribution in [-0.2, 0) is 0 Å². The number of rotatable bonds is 1. The van der Waals surface area contributed by atoms with Gasteiger partial charge in [-0.05, 0) is 17.5 Å². The third kappa shape index (κ3) is 2.05. The molecule has 1 heterocycles. The van der Waals surface area contributed by atoms with Crippen LogP contribution >= 0.6 is 0 Å². The van der Waals surface area contributed by atoms with E-state index in [2.05, 4.69) is 25.8 Å². The van der Waals surface area contributed by atoms with Crippen molar-refractivity contribution in [2.45, 2.75) is 26.8 Å². The van der Waals surface area contributed by atoms with Crippen LogP contribution < -0.4 is 5.73 Å². The Bertz CT molecular complexity index is 236. The lowest BCUT2D eigenvalue weighted by Gasteiger charge is -2.26. The zero-order chi connectivity index (χ0) is 9.19. The highest BCUT2D eigenvalue weighted by Crippen LogP contribution is 2.28. The Hall–Kier alpha value is -0.890. The predicted octanol–water partition coefficient (Wildman–Crippen LogP) is 2.13. The molecule has 0 aliphatic carbocycles. The molecule has 0 aliphatic heterocycles. The van der Waals surface area contributed by atoms with Crippen LogP contribution in [-0.4, -0.2) is 4.98 Å². The van der Waals surface area contributed by atoms with E-state index in [1.54, 1.807) is 6.20 Å². The van der Waals surface area contributed by atoms with E-state index < -0.39 is 0 Å². The minimum Gasteiger partial charge on any atom is -0.322 e. The fourth-order valence-electron chi connectivity index (χ4n) is 1.00. The summed E-state index contributed by atoms with van der Waals surface area (Å²) in [4.78, 5) is 4.22. The molecule has 0 saturated heterocycles. The summed E-state index contributed by atoms with van der Waals surface area (Å²) < 4.78 is 0. The van der Waals surface area contributed by atoms with E-state index in [9.17, 15) is 0 Å². The lowest BCUT2D eigenvalue weighted by Crippen LogP contribution is -2.26. The summed E-state index contributed by atoms with van der Waals surface area (Å²) in [6.45, 7) is 6.35. The molecule has 1 aromatic rings. The molecule has 0 fully saturated rings. The molecule has 0 aliphatic rings. The van der Waals surface area contributed by atoms with Gasteiger partial charge in [0.1, 0.15) is 0 Å². The van der Waals surface area contributed by atoms with Crippen molar-refractivity contribution in [3.63, 3.8) is 0 Å². The first-order valence-electron chi connectivity index (χ1n) is 4.18. The van der Waals surface area contributed by atoms with Crippen LogP contribution in [0.15, 0.2) is 24.4 Å². The molecule has 0 radical (unpaired) electrons. The lowest BCUT2D eigenvalue weighted by molar-refractivity contribution is 0.321. The van der Waals surface area contributed by atoms with Gasteiger partial charge in [-0.1, -0.05) is 26.8 Å². The second-order valence-corrected chi connectivity index (χ2v) is 4.10. The molecule has 0 spiro atoms. The number of aromatic nitrogens is 1. The minimum atomic E-state index is 0.0127. The second kappa shape index (κ2) is 3.23. The van der Waals surface area contributed by atoms with Gasteiger partial charge in [0.05, 0.1) is 11.7 Å². The monoisotopic (exact) mass is 164 g/mol. The Morgan fingerprint density at radius 1 is 1.33 bits per heavy atom. The first-order chi connectivity index (χ1) is 5.52. The minimum absolute atomic E-state index is 0.0127. The van der Waals surface area contributed by atoms with Gasteiger partial charge in [-0.25, -0.2) is 0 Å². The molecule has 1 atom stereocenters. The maximum Gasteiger partial charge on any atom is 0.0576 e. The van der Waals surface area contributed by atoms with Crippen molar-refractivity contribution >= 4 is 0 Å². The van der Waals surface area contributed by atoms with Gasteiger partial charge in [-0.15, -0.1) is 0 Å². The van der Waals surface area contributed by atoms with Crippen LogP contribution in [0.5, 0.6) is 0 Å². The molecule has 2 nitrogen and oxygen atoms in total. The van der Waals surface area contributed by atoms with Crippen molar-refractivity contribution in [3.8, 4) is 0 Å². The fourth-order valence-corrected chi connectivity index (χ4v) is 1.00. The summed E-state index contributed by atoms with van der Waals surface area (Å²) in [5.74, 6) is 0. The van der Waals surface area contributed by atoms with Gasteiger partial charge in [-0.3, -0.25) is 4.98 Å². The number of nitrogens with two attached hydrogens (primary N) is 1. The van der Waals surface area contributed by atoms with E-state index in [0.29, 0.717) is 0 Å². The van der Waals surface area contributed by atoms with Gasteiger partial charge in [0, 0.05) is 6.20 Å². The van der Waals surface area contributed by atoms with Crippen molar-refractivity contribution in [1.29, 1.82) is 0 Å². The van der Waals surface area contributed by atoms with E-state index in [4.69, 9.17) is 5.73 Å². The Kier molecular flexibility index (Phi) is 2.48. The zero-order valence-electron chi connectivity index (χ0n) is 7.91. The topological polar surface area (TPSA) is 38.9 Å². The molecule has 1 rings (SSSR count). The summed E-state index contributed by atoms with van der Waals surface area (Å²) in [6, 6.07) is 5.85. The molecule has 1 aromatic heterocycles. The van der Waals surface area contributed by atoms with Crippen molar-refractivity contribution < 1.29 is 0 Å². The summed E-state index contributed by atoms with van der Waals surface area (Å²) in [5.41, 5.74) is 7.05. The van der Waals surface area contributed by atoms with Gasteiger partial charge in [0.15, 0.2) is 0 Å². The van der Waals surface area contributed by atoms with Crippen LogP contribution in [0.4, 0.5) is 0 Å². The van der Waals surface area contributed by atoms with Crippen LogP contribution in [0.2, 0.25) is 0 Å². The van der Waals surface area contributed by atoms with Crippen LogP contribution in [0, 0.1) is 5.41 Å². The van der Waals surface area contributed by atoms with Crippen molar-refractivity contribution in [3.05, 3.63) is 30.1 Å². The summed E-state index contributed by atoms with van der Waals surface area (Å²) in [6.07, 6.45) is 1.78. The van der Waals surface area contributed by atoms with E-state index in [0.717, 1.165) is 5.69 Å². The van der Waals surface area contributed by atoms with Crippen molar-refractivity contribution in [2.75, 3.05) is 0 Å². The van der Waals surface area contributed by atoms with Crippen LogP contribution in [0.3, 0.4) is 0 Å². The SMILES string of the molecule is CC(C)(C)[C@@H](N)c1ccccn1. The highest BCUT2D eigenvalue weighted by atomic mass is 14.8. The maximum absolute atomic E-state index is 6.01. The number of pyridine rings is 1. The van der Waals surface area contributed by atoms with Crippen LogP contribution in [0.25, 0.3) is 0 Å². The Morgan fingerprint density at radius 2 is 2.00 bits per heavy atom. The molecular weight excluding hydrogens is 148 g/mol. The third-order valence-electron chi connectivity index (χ3n) is 1.94. The normalized spacial score (nSPS) is 14.3. The Morgan fingerprint density at radius 3 is 2.42 bits per heavy atom. The molecule has 0 saturated carbocycles. The molecular formula is C10H16N2. The second-order valence-electron chi connectivity index (χ2n) is 4.10. The van der Waals surface area contributed by atoms with E-state index >= 15 is 0 Å². The van der Waals surface area contributed by atoms with Gasteiger partial charge in [0.2, 0.25) is 0 Å². The van der Waals surface area contributed by atoms with E-state index in [-0.39, 0.29) is 11.5 Å². The average molecular weight is 164 g/mol. The fraction of sp³-hybridized carbons (Fsp3) is 0.500. The standard InChI is InChI=1S/C10H16N2/c1-10(2,3)9(11)8-6-4-5-7-12-8/h4-7,9H,11H2,1-3H3/t9-/m0/s1. The largest absolute Gasteiger partial charge is 0.322 e. The molecule has 0 aromatic carbocycles. The quantitative estimate of drug-likeness (QED) is 0.690. The summed E-state index contributed by atoms with van der Waals surface area (Å²) in [7, 11) is 0. The third-order valence-corrected chi connectivity index (χ3v) is 1.94. The van der Waals surface area contributed by atoms with Crippen molar-refractivity contribution in [2.24, 2.45) is 11.1 Å². The maximum atomic E-state index is 6.01. The molecule has 12 heavy (non-hydrogen) atoms. The average Bonchev–Trinajstić information content (AvgIpc) is 2.03. The molecule has 0 unspecified atom stereocenters. The number of hydrogen-bond acceptors (Lipinski definition) is 2. The molecule has 0 bridgehead atoms. The summed E-state index contributed by atoms with van der Waals surface area (Å²) in [5, 5.41) is 0. The van der Waals surface area contributed by atoms with E-state index in [1.807, 2.05) is 18.2 Å². The Balaban J connectivity index is 2.86. The number of nitrogens with zero attached hydrogens (tertiary/aromatic N) is 1. The predicted molar refractivity (Wildman–Crippen MR) is 50.6 cm³/mol. The van der Waals surface area contributed by atoms with Gasteiger partial charge >= 0.3 is 0 Å². The Labute approximate surface area is 73.8 Å². The first kappa shape index (κ1) is 9.20. The first-order valence-corrected chi connectivity index (χ1v) is 4.18. The van der Waals surface area contributed by atoms with Gasteiger partial charge in [-0.2, -0.15) is 0 Å². The molecule has 2 N–H and O–H groups in total. The summed E-state index contributed by atoms with van der Waals surface area (Å²) >= 11 is 0. The molecule has 66 valence electrons. The van der Waals surface area contributed by atoms with Gasteiger partial charge < -0.3 is 5.73 Å². The molecule has 0 amide bonds.